The normalized spacial score (nSPS) is 15.0. The zero-order valence-electron chi connectivity index (χ0n) is 11.8. The fraction of sp³-hybridized carbons (Fsp3) is 0. The molecule has 2 aromatic heterocycles. The van der Waals surface area contributed by atoms with Crippen LogP contribution in [0.4, 0.5) is 5.69 Å². The number of pyridine rings is 1. The van der Waals surface area contributed by atoms with Gasteiger partial charge in [0.15, 0.2) is 0 Å². The first kappa shape index (κ1) is 13.3. The molecule has 0 spiro atoms. The number of nitrogens with one attached hydrogen (secondary N) is 2. The number of amides is 1. The van der Waals surface area contributed by atoms with E-state index < -0.39 is 5.97 Å². The van der Waals surface area contributed by atoms with E-state index in [0.29, 0.717) is 16.8 Å². The molecule has 3 N–H and O–H groups in total. The lowest BCUT2D eigenvalue weighted by Crippen LogP contribution is -2.03. The van der Waals surface area contributed by atoms with Gasteiger partial charge in [-0.1, -0.05) is 0 Å². The van der Waals surface area contributed by atoms with Gasteiger partial charge in [0.25, 0.3) is 5.91 Å². The van der Waals surface area contributed by atoms with Gasteiger partial charge >= 0.3 is 5.97 Å². The summed E-state index contributed by atoms with van der Waals surface area (Å²) in [7, 11) is 0. The summed E-state index contributed by atoms with van der Waals surface area (Å²) in [4.78, 5) is 30.6. The van der Waals surface area contributed by atoms with E-state index >= 15 is 0 Å². The van der Waals surface area contributed by atoms with Crippen LogP contribution in [0.15, 0.2) is 42.7 Å². The van der Waals surface area contributed by atoms with Crippen molar-refractivity contribution >= 4 is 40.2 Å². The van der Waals surface area contributed by atoms with Crippen molar-refractivity contribution in [2.75, 3.05) is 5.32 Å². The Kier molecular flexibility index (Phi) is 2.77. The summed E-state index contributed by atoms with van der Waals surface area (Å²) in [6.07, 6.45) is 5.21. The fourth-order valence-electron chi connectivity index (χ4n) is 2.72. The highest BCUT2D eigenvalue weighted by molar-refractivity contribution is 6.35. The molecule has 3 aromatic rings. The smallest absolute Gasteiger partial charge is 0.335 e. The summed E-state index contributed by atoms with van der Waals surface area (Å²) in [6.45, 7) is 0. The van der Waals surface area contributed by atoms with Crippen LogP contribution in [-0.2, 0) is 4.79 Å². The topological polar surface area (TPSA) is 95.1 Å². The average molecular weight is 305 g/mol. The zero-order valence-corrected chi connectivity index (χ0v) is 11.8. The molecule has 0 unspecified atom stereocenters. The number of aromatic nitrogens is 2. The van der Waals surface area contributed by atoms with Gasteiger partial charge in [0.1, 0.15) is 5.65 Å². The van der Waals surface area contributed by atoms with Crippen molar-refractivity contribution in [2.24, 2.45) is 0 Å². The first-order valence-electron chi connectivity index (χ1n) is 6.96. The van der Waals surface area contributed by atoms with Crippen molar-refractivity contribution < 1.29 is 14.7 Å². The van der Waals surface area contributed by atoms with Crippen LogP contribution in [0.25, 0.3) is 22.7 Å². The number of H-pyrrole nitrogens is 1. The number of aromatic amines is 1. The molecule has 0 radical (unpaired) electrons. The number of aromatic carboxylic acids is 1. The number of rotatable bonds is 2. The van der Waals surface area contributed by atoms with Gasteiger partial charge in [-0.2, -0.15) is 0 Å². The van der Waals surface area contributed by atoms with Crippen LogP contribution in [0, 0.1) is 0 Å². The number of carboxylic acids is 1. The molecular weight excluding hydrogens is 294 g/mol. The van der Waals surface area contributed by atoms with Crippen LogP contribution in [-0.4, -0.2) is 27.0 Å². The van der Waals surface area contributed by atoms with E-state index in [2.05, 4.69) is 15.3 Å². The van der Waals surface area contributed by atoms with Gasteiger partial charge in [-0.15, -0.1) is 0 Å². The standard InChI is InChI=1S/C17H11N3O3/c21-16-13(7-10-8-19-15-11(10)2-1-5-18-15)12-6-9(17(22)23)3-4-14(12)20-16/h1-8H,(H,18,19)(H,20,21)(H,22,23). The van der Waals surface area contributed by atoms with Gasteiger partial charge in [-0.3, -0.25) is 4.79 Å². The van der Waals surface area contributed by atoms with Gasteiger partial charge in [0.05, 0.1) is 5.56 Å². The second kappa shape index (κ2) is 4.81. The third-order valence-electron chi connectivity index (χ3n) is 3.83. The Balaban J connectivity index is 1.88. The van der Waals surface area contributed by atoms with Crippen LogP contribution in [0.1, 0.15) is 21.5 Å². The molecule has 4 rings (SSSR count). The van der Waals surface area contributed by atoms with Crippen LogP contribution in [0.5, 0.6) is 0 Å². The molecular formula is C17H11N3O3. The highest BCUT2D eigenvalue weighted by Crippen LogP contribution is 2.34. The van der Waals surface area contributed by atoms with E-state index in [1.54, 1.807) is 24.5 Å². The zero-order chi connectivity index (χ0) is 16.0. The minimum Gasteiger partial charge on any atom is -0.478 e. The van der Waals surface area contributed by atoms with Crippen LogP contribution < -0.4 is 5.32 Å². The number of fused-ring (bicyclic) bond motifs is 2. The molecule has 0 atom stereocenters. The first-order chi connectivity index (χ1) is 11.1. The van der Waals surface area contributed by atoms with Crippen LogP contribution in [0.2, 0.25) is 0 Å². The molecule has 1 aliphatic heterocycles. The van der Waals surface area contributed by atoms with Gasteiger partial charge < -0.3 is 15.4 Å². The van der Waals surface area contributed by atoms with Crippen molar-refractivity contribution in [1.82, 2.24) is 9.97 Å². The van der Waals surface area contributed by atoms with Crippen molar-refractivity contribution in [2.45, 2.75) is 0 Å². The van der Waals surface area contributed by atoms with Gasteiger partial charge in [-0.05, 0) is 36.4 Å². The number of hydrogen-bond acceptors (Lipinski definition) is 3. The Morgan fingerprint density at radius 2 is 2.13 bits per heavy atom. The minimum atomic E-state index is -1.03. The Bertz CT molecular complexity index is 1000. The number of carboxylic acid groups (broad SMARTS) is 1. The third kappa shape index (κ3) is 2.08. The van der Waals surface area contributed by atoms with E-state index in [9.17, 15) is 9.59 Å². The Labute approximate surface area is 130 Å². The summed E-state index contributed by atoms with van der Waals surface area (Å²) < 4.78 is 0. The number of hydrogen-bond donors (Lipinski definition) is 3. The SMILES string of the molecule is O=C1Nc2ccc(C(=O)O)cc2C1=Cc1c[nH]c2ncccc12. The molecule has 3 heterocycles. The fourth-order valence-corrected chi connectivity index (χ4v) is 2.72. The average Bonchev–Trinajstić information content (AvgIpc) is 3.09. The Morgan fingerprint density at radius 1 is 1.26 bits per heavy atom. The van der Waals surface area contributed by atoms with Gasteiger partial charge in [0.2, 0.25) is 0 Å². The maximum Gasteiger partial charge on any atom is 0.335 e. The summed E-state index contributed by atoms with van der Waals surface area (Å²) in [5.74, 6) is -1.27. The maximum absolute atomic E-state index is 12.2. The Hall–Kier alpha value is -3.41. The van der Waals surface area contributed by atoms with Crippen LogP contribution >= 0.6 is 0 Å². The second-order valence-electron chi connectivity index (χ2n) is 5.22. The quantitative estimate of drug-likeness (QED) is 0.634. The monoisotopic (exact) mass is 305 g/mol. The van der Waals surface area contributed by atoms with E-state index in [0.717, 1.165) is 16.6 Å². The number of carbonyl (C=O) groups excluding carboxylic acids is 1. The van der Waals surface area contributed by atoms with E-state index in [4.69, 9.17) is 5.11 Å². The van der Waals surface area contributed by atoms with Crippen molar-refractivity contribution in [3.8, 4) is 0 Å². The molecule has 6 heteroatoms. The third-order valence-corrected chi connectivity index (χ3v) is 3.83. The Morgan fingerprint density at radius 3 is 2.96 bits per heavy atom. The number of carbonyl (C=O) groups is 2. The largest absolute Gasteiger partial charge is 0.478 e. The molecule has 0 saturated carbocycles. The molecule has 6 nitrogen and oxygen atoms in total. The molecule has 1 aliphatic rings. The van der Waals surface area contributed by atoms with Gasteiger partial charge in [-0.25, -0.2) is 9.78 Å². The lowest BCUT2D eigenvalue weighted by molar-refractivity contribution is -0.110. The molecule has 1 amide bonds. The highest BCUT2D eigenvalue weighted by atomic mass is 16.4. The molecule has 0 bridgehead atoms. The van der Waals surface area contributed by atoms with E-state index in [1.165, 1.54) is 12.1 Å². The van der Waals surface area contributed by atoms with Crippen LogP contribution in [0.3, 0.4) is 0 Å². The van der Waals surface area contributed by atoms with E-state index in [-0.39, 0.29) is 11.5 Å². The predicted molar refractivity (Wildman–Crippen MR) is 86.0 cm³/mol. The molecule has 0 aliphatic carbocycles. The molecule has 23 heavy (non-hydrogen) atoms. The molecule has 112 valence electrons. The summed E-state index contributed by atoms with van der Waals surface area (Å²) in [6, 6.07) is 8.32. The van der Waals surface area contributed by atoms with E-state index in [1.807, 2.05) is 12.1 Å². The summed E-state index contributed by atoms with van der Waals surface area (Å²) in [5.41, 5.74) is 3.35. The molecule has 1 aromatic carbocycles. The maximum atomic E-state index is 12.2. The van der Waals surface area contributed by atoms with Crippen molar-refractivity contribution in [1.29, 1.82) is 0 Å². The van der Waals surface area contributed by atoms with Crippen molar-refractivity contribution in [3.63, 3.8) is 0 Å². The lowest BCUT2D eigenvalue weighted by Gasteiger charge is -2.00. The second-order valence-corrected chi connectivity index (χ2v) is 5.22. The predicted octanol–water partition coefficient (Wildman–Crippen LogP) is 2.75. The van der Waals surface area contributed by atoms with Gasteiger partial charge in [0, 0.05) is 40.2 Å². The molecule has 0 saturated heterocycles. The number of nitrogens with zero attached hydrogens (tertiary/aromatic N) is 1. The number of anilines is 1. The summed E-state index contributed by atoms with van der Waals surface area (Å²) >= 11 is 0. The van der Waals surface area contributed by atoms with Crippen molar-refractivity contribution in [3.05, 3.63) is 59.4 Å². The number of benzene rings is 1. The first-order valence-corrected chi connectivity index (χ1v) is 6.96. The lowest BCUT2D eigenvalue weighted by atomic mass is 10.0. The minimum absolute atomic E-state index is 0.145. The highest BCUT2D eigenvalue weighted by Gasteiger charge is 2.25. The molecule has 0 fully saturated rings. The summed E-state index contributed by atoms with van der Waals surface area (Å²) in [5, 5.41) is 12.8.